The van der Waals surface area contributed by atoms with E-state index in [1.807, 2.05) is 0 Å². The molecule has 20 heavy (non-hydrogen) atoms. The lowest BCUT2D eigenvalue weighted by Gasteiger charge is -2.09. The minimum absolute atomic E-state index is 0.0563. The summed E-state index contributed by atoms with van der Waals surface area (Å²) in [5.74, 6) is -0.899. The number of benzene rings is 1. The van der Waals surface area contributed by atoms with Gasteiger partial charge >= 0.3 is 11.9 Å². The largest absolute Gasteiger partial charge is 0.478 e. The quantitative estimate of drug-likeness (QED) is 0.579. The van der Waals surface area contributed by atoms with E-state index < -0.39 is 5.97 Å². The third-order valence-corrected chi connectivity index (χ3v) is 2.71. The third-order valence-electron chi connectivity index (χ3n) is 2.71. The fourth-order valence-corrected chi connectivity index (χ4v) is 1.71. The van der Waals surface area contributed by atoms with E-state index in [-0.39, 0.29) is 24.7 Å². The Labute approximate surface area is 117 Å². The second kappa shape index (κ2) is 8.16. The highest BCUT2D eigenvalue weighted by atomic mass is 16.7. The molecule has 0 atom stereocenters. The van der Waals surface area contributed by atoms with Crippen LogP contribution in [0.2, 0.25) is 0 Å². The molecular weight excluding hydrogens is 264 g/mol. The maximum absolute atomic E-state index is 11.2. The molecule has 1 rings (SSSR count). The number of carboxylic acids is 1. The van der Waals surface area contributed by atoms with Crippen LogP contribution in [0, 0.1) is 0 Å². The van der Waals surface area contributed by atoms with E-state index in [9.17, 15) is 14.7 Å². The van der Waals surface area contributed by atoms with Crippen molar-refractivity contribution in [1.82, 2.24) is 0 Å². The number of ether oxygens (including phenoxy) is 3. The summed E-state index contributed by atoms with van der Waals surface area (Å²) in [5.41, 5.74) is 0.828. The van der Waals surface area contributed by atoms with Gasteiger partial charge < -0.3 is 19.3 Å². The first-order chi connectivity index (χ1) is 9.58. The molecule has 0 spiro atoms. The molecule has 0 heterocycles. The average Bonchev–Trinajstić information content (AvgIpc) is 2.45. The molecule has 0 fully saturated rings. The van der Waals surface area contributed by atoms with Crippen molar-refractivity contribution >= 4 is 11.9 Å². The van der Waals surface area contributed by atoms with Crippen LogP contribution in [0.5, 0.6) is 5.75 Å². The molecule has 0 aromatic heterocycles. The Hall–Kier alpha value is -2.08. The number of aromatic carboxylic acids is 1. The molecule has 0 bridgehead atoms. The van der Waals surface area contributed by atoms with Crippen molar-refractivity contribution in [3.8, 4) is 5.75 Å². The van der Waals surface area contributed by atoms with Crippen LogP contribution >= 0.6 is 0 Å². The predicted octanol–water partition coefficient (Wildman–Crippen LogP) is 1.86. The van der Waals surface area contributed by atoms with Gasteiger partial charge in [0, 0.05) is 13.5 Å². The van der Waals surface area contributed by atoms with Crippen molar-refractivity contribution in [1.29, 1.82) is 0 Å². The smallest absolute Gasteiger partial charge is 0.336 e. The maximum atomic E-state index is 11.2. The summed E-state index contributed by atoms with van der Waals surface area (Å²) in [6.07, 6.45) is 1.28. The van der Waals surface area contributed by atoms with Crippen LogP contribution in [0.15, 0.2) is 18.2 Å². The molecule has 1 aromatic carbocycles. The lowest BCUT2D eigenvalue weighted by molar-refractivity contribution is -0.140. The first-order valence-corrected chi connectivity index (χ1v) is 6.13. The molecule has 6 heteroatoms. The van der Waals surface area contributed by atoms with Gasteiger partial charge in [0.25, 0.3) is 0 Å². The lowest BCUT2D eigenvalue weighted by Crippen LogP contribution is -2.06. The Morgan fingerprint density at radius 3 is 2.60 bits per heavy atom. The van der Waals surface area contributed by atoms with Crippen LogP contribution in [0.1, 0.15) is 28.8 Å². The Balaban J connectivity index is 2.74. The van der Waals surface area contributed by atoms with Gasteiger partial charge in [0.2, 0.25) is 0 Å². The normalized spacial score (nSPS) is 10.1. The Morgan fingerprint density at radius 1 is 1.25 bits per heavy atom. The zero-order chi connectivity index (χ0) is 15.0. The van der Waals surface area contributed by atoms with Crippen LogP contribution in [0.25, 0.3) is 0 Å². The molecule has 1 N–H and O–H groups in total. The minimum Gasteiger partial charge on any atom is -0.478 e. The lowest BCUT2D eigenvalue weighted by atomic mass is 10.0. The van der Waals surface area contributed by atoms with E-state index in [1.165, 1.54) is 20.3 Å². The number of methoxy groups -OCH3 is 2. The molecular formula is C14H18O6. The summed E-state index contributed by atoms with van der Waals surface area (Å²) in [6.45, 7) is 0.0563. The van der Waals surface area contributed by atoms with Crippen LogP contribution in [0.3, 0.4) is 0 Å². The highest BCUT2D eigenvalue weighted by molar-refractivity contribution is 5.90. The summed E-state index contributed by atoms with van der Waals surface area (Å²) in [5, 5.41) is 9.19. The summed E-state index contributed by atoms with van der Waals surface area (Å²) in [6, 6.07) is 4.82. The topological polar surface area (TPSA) is 82.1 Å². The molecule has 0 unspecified atom stereocenters. The molecule has 110 valence electrons. The van der Waals surface area contributed by atoms with Gasteiger partial charge in [-0.05, 0) is 30.5 Å². The standard InChI is InChI=1S/C14H18O6/c1-18-9-20-11-7-6-10(12(8-11)14(16)17)4-3-5-13(15)19-2/h6-8H,3-5,9H2,1-2H3,(H,16,17). The zero-order valence-electron chi connectivity index (χ0n) is 11.5. The second-order valence-corrected chi connectivity index (χ2v) is 4.10. The number of esters is 1. The average molecular weight is 282 g/mol. The molecule has 6 nitrogen and oxygen atoms in total. The SMILES string of the molecule is COCOc1ccc(CCCC(=O)OC)c(C(=O)O)c1. The Kier molecular flexibility index (Phi) is 6.52. The molecule has 0 saturated heterocycles. The van der Waals surface area contributed by atoms with E-state index in [0.717, 1.165) is 0 Å². The zero-order valence-corrected chi connectivity index (χ0v) is 11.5. The fraction of sp³-hybridized carbons (Fsp3) is 0.429. The van der Waals surface area contributed by atoms with Gasteiger partial charge in [-0.1, -0.05) is 6.07 Å². The van der Waals surface area contributed by atoms with E-state index in [0.29, 0.717) is 24.2 Å². The molecule has 0 radical (unpaired) electrons. The summed E-state index contributed by atoms with van der Waals surface area (Å²) < 4.78 is 14.5. The number of carbonyl (C=O) groups is 2. The predicted molar refractivity (Wildman–Crippen MR) is 70.9 cm³/mol. The molecule has 0 aliphatic rings. The number of carbonyl (C=O) groups excluding carboxylic acids is 1. The highest BCUT2D eigenvalue weighted by Gasteiger charge is 2.12. The van der Waals surface area contributed by atoms with Crippen molar-refractivity contribution in [2.75, 3.05) is 21.0 Å². The first kappa shape index (κ1) is 16.0. The minimum atomic E-state index is -1.03. The van der Waals surface area contributed by atoms with Crippen LogP contribution in [-0.4, -0.2) is 38.1 Å². The van der Waals surface area contributed by atoms with E-state index in [4.69, 9.17) is 9.47 Å². The maximum Gasteiger partial charge on any atom is 0.336 e. The van der Waals surface area contributed by atoms with Gasteiger partial charge in [-0.25, -0.2) is 4.79 Å². The molecule has 0 aliphatic heterocycles. The molecule has 0 aliphatic carbocycles. The monoisotopic (exact) mass is 282 g/mol. The summed E-state index contributed by atoms with van der Waals surface area (Å²) in [7, 11) is 2.81. The van der Waals surface area contributed by atoms with Gasteiger partial charge in [0.15, 0.2) is 6.79 Å². The summed E-state index contributed by atoms with van der Waals surface area (Å²) in [4.78, 5) is 22.2. The Morgan fingerprint density at radius 2 is 2.00 bits per heavy atom. The first-order valence-electron chi connectivity index (χ1n) is 6.13. The van der Waals surface area contributed by atoms with E-state index >= 15 is 0 Å². The number of rotatable bonds is 8. The van der Waals surface area contributed by atoms with Crippen molar-refractivity contribution in [2.24, 2.45) is 0 Å². The van der Waals surface area contributed by atoms with Crippen molar-refractivity contribution in [2.45, 2.75) is 19.3 Å². The molecule has 0 saturated carbocycles. The third kappa shape index (κ3) is 4.89. The van der Waals surface area contributed by atoms with Crippen molar-refractivity contribution in [3.05, 3.63) is 29.3 Å². The van der Waals surface area contributed by atoms with Crippen molar-refractivity contribution < 1.29 is 28.9 Å². The molecule has 1 aromatic rings. The van der Waals surface area contributed by atoms with Crippen molar-refractivity contribution in [3.63, 3.8) is 0 Å². The van der Waals surface area contributed by atoms with Gasteiger partial charge in [-0.15, -0.1) is 0 Å². The highest BCUT2D eigenvalue weighted by Crippen LogP contribution is 2.20. The molecule has 0 amide bonds. The fourth-order valence-electron chi connectivity index (χ4n) is 1.71. The Bertz CT molecular complexity index is 469. The van der Waals surface area contributed by atoms with E-state index in [2.05, 4.69) is 4.74 Å². The number of hydrogen-bond donors (Lipinski definition) is 1. The summed E-state index contributed by atoms with van der Waals surface area (Å²) >= 11 is 0. The van der Waals surface area contributed by atoms with Crippen LogP contribution in [-0.2, 0) is 20.7 Å². The van der Waals surface area contributed by atoms with Gasteiger partial charge in [0.05, 0.1) is 12.7 Å². The second-order valence-electron chi connectivity index (χ2n) is 4.10. The van der Waals surface area contributed by atoms with Crippen LogP contribution < -0.4 is 4.74 Å². The van der Waals surface area contributed by atoms with Gasteiger partial charge in [0.1, 0.15) is 5.75 Å². The number of carboxylic acid groups (broad SMARTS) is 1. The van der Waals surface area contributed by atoms with Gasteiger partial charge in [-0.3, -0.25) is 4.79 Å². The number of aryl methyl sites for hydroxylation is 1. The van der Waals surface area contributed by atoms with Crippen LogP contribution in [0.4, 0.5) is 0 Å². The van der Waals surface area contributed by atoms with Gasteiger partial charge in [-0.2, -0.15) is 0 Å². The van der Waals surface area contributed by atoms with E-state index in [1.54, 1.807) is 12.1 Å². The number of hydrogen-bond acceptors (Lipinski definition) is 5.